The van der Waals surface area contributed by atoms with Crippen LogP contribution in [0.4, 0.5) is 8.78 Å². The molecule has 1 aromatic heterocycles. The summed E-state index contributed by atoms with van der Waals surface area (Å²) in [5, 5.41) is 9.83. The maximum atomic E-state index is 13.5. The van der Waals surface area contributed by atoms with E-state index in [4.69, 9.17) is 0 Å². The predicted octanol–water partition coefficient (Wildman–Crippen LogP) is 5.97. The topological polar surface area (TPSA) is 55.1 Å². The van der Waals surface area contributed by atoms with Crippen molar-refractivity contribution < 1.29 is 18.7 Å². The van der Waals surface area contributed by atoms with Crippen molar-refractivity contribution >= 4 is 17.6 Å². The zero-order chi connectivity index (χ0) is 24.1. The molecule has 0 saturated carbocycles. The van der Waals surface area contributed by atoms with Gasteiger partial charge in [0.2, 0.25) is 0 Å². The molecule has 0 amide bonds. The molecule has 0 spiro atoms. The fraction of sp³-hybridized carbons (Fsp3) is 0.143. The van der Waals surface area contributed by atoms with Crippen LogP contribution in [0, 0.1) is 11.6 Å². The highest BCUT2D eigenvalue weighted by molar-refractivity contribution is 5.91. The first-order valence-electron chi connectivity index (χ1n) is 10.9. The van der Waals surface area contributed by atoms with Crippen LogP contribution in [0.1, 0.15) is 38.3 Å². The summed E-state index contributed by atoms with van der Waals surface area (Å²) in [6.45, 7) is 0. The lowest BCUT2D eigenvalue weighted by Gasteiger charge is -2.11. The molecule has 1 heterocycles. The number of imidazole rings is 1. The zero-order valence-corrected chi connectivity index (χ0v) is 18.7. The maximum Gasteiger partial charge on any atom is 0.335 e. The highest BCUT2D eigenvalue weighted by Crippen LogP contribution is 2.25. The summed E-state index contributed by atoms with van der Waals surface area (Å²) in [6.07, 6.45) is 7.11. The van der Waals surface area contributed by atoms with Crippen LogP contribution in [0.25, 0.3) is 11.6 Å². The predicted molar refractivity (Wildman–Crippen MR) is 128 cm³/mol. The molecule has 6 heteroatoms. The molecule has 0 aliphatic carbocycles. The third kappa shape index (κ3) is 5.64. The number of aromatic nitrogens is 2. The van der Waals surface area contributed by atoms with Crippen LogP contribution < -0.4 is 0 Å². The van der Waals surface area contributed by atoms with Gasteiger partial charge in [-0.1, -0.05) is 42.5 Å². The van der Waals surface area contributed by atoms with Gasteiger partial charge in [-0.3, -0.25) is 0 Å². The quantitative estimate of drug-likeness (QED) is 0.331. The fourth-order valence-electron chi connectivity index (χ4n) is 3.88. The van der Waals surface area contributed by atoms with Crippen LogP contribution >= 0.6 is 0 Å². The van der Waals surface area contributed by atoms with E-state index >= 15 is 0 Å². The Kier molecular flexibility index (Phi) is 6.97. The van der Waals surface area contributed by atoms with Crippen LogP contribution in [-0.4, -0.2) is 20.6 Å². The van der Waals surface area contributed by atoms with Crippen LogP contribution in [0.3, 0.4) is 0 Å². The number of nitrogens with zero attached hydrogens (tertiary/aromatic N) is 2. The number of carbonyl (C=O) groups is 1. The normalized spacial score (nSPS) is 11.6. The van der Waals surface area contributed by atoms with E-state index in [0.29, 0.717) is 24.8 Å². The molecule has 4 rings (SSSR count). The third-order valence-electron chi connectivity index (χ3n) is 5.80. The van der Waals surface area contributed by atoms with Gasteiger partial charge in [-0.2, -0.15) is 0 Å². The van der Waals surface area contributed by atoms with Gasteiger partial charge < -0.3 is 9.67 Å². The van der Waals surface area contributed by atoms with Crippen molar-refractivity contribution in [3.8, 4) is 0 Å². The van der Waals surface area contributed by atoms with Gasteiger partial charge in [0, 0.05) is 25.4 Å². The van der Waals surface area contributed by atoms with E-state index < -0.39 is 5.97 Å². The Bertz CT molecular complexity index is 1320. The van der Waals surface area contributed by atoms with Gasteiger partial charge in [-0.25, -0.2) is 18.6 Å². The van der Waals surface area contributed by atoms with E-state index in [1.807, 2.05) is 29.8 Å². The van der Waals surface area contributed by atoms with Crippen LogP contribution in [-0.2, 0) is 26.3 Å². The van der Waals surface area contributed by atoms with Crippen LogP contribution in [0.15, 0.2) is 79.3 Å². The van der Waals surface area contributed by atoms with Crippen molar-refractivity contribution in [2.45, 2.75) is 19.3 Å². The SMILES string of the molecule is Cn1cncc1CC(=Cc1ccc(CCc2ccc(F)cc2)c(C(=O)O)c1)c1ccc(F)cc1. The van der Waals surface area contributed by atoms with Gasteiger partial charge in [0.15, 0.2) is 0 Å². The summed E-state index contributed by atoms with van der Waals surface area (Å²) in [6, 6.07) is 17.8. The first-order chi connectivity index (χ1) is 16.4. The smallest absolute Gasteiger partial charge is 0.335 e. The summed E-state index contributed by atoms with van der Waals surface area (Å²) < 4.78 is 28.6. The van der Waals surface area contributed by atoms with Gasteiger partial charge >= 0.3 is 5.97 Å². The molecule has 0 aliphatic heterocycles. The molecule has 0 radical (unpaired) electrons. The Morgan fingerprint density at radius 2 is 1.65 bits per heavy atom. The Morgan fingerprint density at radius 1 is 0.971 bits per heavy atom. The number of benzene rings is 3. The van der Waals surface area contributed by atoms with Crippen molar-refractivity contribution in [1.29, 1.82) is 0 Å². The van der Waals surface area contributed by atoms with Crippen molar-refractivity contribution in [3.05, 3.63) is 124 Å². The largest absolute Gasteiger partial charge is 0.478 e. The van der Waals surface area contributed by atoms with Gasteiger partial charge in [-0.05, 0) is 71.0 Å². The zero-order valence-electron chi connectivity index (χ0n) is 18.7. The third-order valence-corrected chi connectivity index (χ3v) is 5.80. The van der Waals surface area contributed by atoms with E-state index in [1.54, 1.807) is 42.9 Å². The highest BCUT2D eigenvalue weighted by atomic mass is 19.1. The first kappa shape index (κ1) is 23.1. The molecule has 3 aromatic carbocycles. The highest BCUT2D eigenvalue weighted by Gasteiger charge is 2.13. The average molecular weight is 459 g/mol. The molecule has 0 bridgehead atoms. The van der Waals surface area contributed by atoms with Crippen molar-refractivity contribution in [2.24, 2.45) is 7.05 Å². The standard InChI is InChI=1S/C28H24F2N2O2/c1-32-18-31-17-26(32)16-23(21-8-12-25(30)13-9-21)14-20-3-7-22(27(15-20)28(33)34)6-2-19-4-10-24(29)11-5-19/h3-5,7-15,17-18H,2,6,16H2,1H3,(H,33,34). The van der Waals surface area contributed by atoms with Crippen molar-refractivity contribution in [1.82, 2.24) is 9.55 Å². The van der Waals surface area contributed by atoms with E-state index in [1.165, 1.54) is 24.3 Å². The molecule has 0 aliphatic rings. The number of carboxylic acids is 1. The van der Waals surface area contributed by atoms with Gasteiger partial charge in [0.05, 0.1) is 11.9 Å². The molecule has 1 N–H and O–H groups in total. The lowest BCUT2D eigenvalue weighted by molar-refractivity contribution is 0.0695. The minimum Gasteiger partial charge on any atom is -0.478 e. The van der Waals surface area contributed by atoms with Crippen molar-refractivity contribution in [3.63, 3.8) is 0 Å². The second-order valence-corrected chi connectivity index (χ2v) is 8.20. The molecule has 0 saturated heterocycles. The maximum absolute atomic E-state index is 13.5. The fourth-order valence-corrected chi connectivity index (χ4v) is 3.88. The first-order valence-corrected chi connectivity index (χ1v) is 10.9. The van der Waals surface area contributed by atoms with Gasteiger partial charge in [0.25, 0.3) is 0 Å². The Morgan fingerprint density at radius 3 is 2.26 bits per heavy atom. The number of hydrogen-bond acceptors (Lipinski definition) is 2. The summed E-state index contributed by atoms with van der Waals surface area (Å²) in [7, 11) is 1.91. The molecule has 0 fully saturated rings. The van der Waals surface area contributed by atoms with Crippen LogP contribution in [0.5, 0.6) is 0 Å². The van der Waals surface area contributed by atoms with E-state index in [-0.39, 0.29) is 17.2 Å². The molecule has 0 atom stereocenters. The second-order valence-electron chi connectivity index (χ2n) is 8.20. The molecular formula is C28H24F2N2O2. The molecule has 0 unspecified atom stereocenters. The number of rotatable bonds is 8. The van der Waals surface area contributed by atoms with Crippen molar-refractivity contribution in [2.75, 3.05) is 0 Å². The van der Waals surface area contributed by atoms with E-state index in [9.17, 15) is 18.7 Å². The summed E-state index contributed by atoms with van der Waals surface area (Å²) in [4.78, 5) is 16.2. The van der Waals surface area contributed by atoms with E-state index in [2.05, 4.69) is 4.98 Å². The number of aryl methyl sites for hydroxylation is 3. The number of halogens is 2. The number of carboxylic acid groups (broad SMARTS) is 1. The summed E-state index contributed by atoms with van der Waals surface area (Å²) >= 11 is 0. The number of hydrogen-bond donors (Lipinski definition) is 1. The van der Waals surface area contributed by atoms with Gasteiger partial charge in [0.1, 0.15) is 11.6 Å². The van der Waals surface area contributed by atoms with E-state index in [0.717, 1.165) is 28.0 Å². The monoisotopic (exact) mass is 458 g/mol. The lowest BCUT2D eigenvalue weighted by atomic mass is 9.94. The van der Waals surface area contributed by atoms with Crippen LogP contribution in [0.2, 0.25) is 0 Å². The summed E-state index contributed by atoms with van der Waals surface area (Å²) in [5.41, 5.74) is 5.36. The van der Waals surface area contributed by atoms with Gasteiger partial charge in [-0.15, -0.1) is 0 Å². The number of allylic oxidation sites excluding steroid dienone is 1. The Labute approximate surface area is 196 Å². The molecule has 34 heavy (non-hydrogen) atoms. The number of aromatic carboxylic acids is 1. The average Bonchev–Trinajstić information content (AvgIpc) is 3.23. The Balaban J connectivity index is 1.65. The minimum atomic E-state index is -1.00. The second kappa shape index (κ2) is 10.3. The molecule has 4 nitrogen and oxygen atoms in total. The summed E-state index contributed by atoms with van der Waals surface area (Å²) in [5.74, 6) is -1.61. The molecule has 172 valence electrons. The lowest BCUT2D eigenvalue weighted by Crippen LogP contribution is -2.05. The molecule has 4 aromatic rings. The minimum absolute atomic E-state index is 0.231. The Hall–Kier alpha value is -4.06. The molecular weight excluding hydrogens is 434 g/mol.